The highest BCUT2D eigenvalue weighted by Gasteiger charge is 2.10. The number of aromatic nitrogens is 2. The smallest absolute Gasteiger partial charge is 0.103 e. The van der Waals surface area contributed by atoms with Crippen LogP contribution < -0.4 is 10.6 Å². The van der Waals surface area contributed by atoms with Crippen molar-refractivity contribution in [1.29, 1.82) is 5.26 Å². The third-order valence-corrected chi connectivity index (χ3v) is 4.23. The average molecular weight is 351 g/mol. The van der Waals surface area contributed by atoms with Gasteiger partial charge in [-0.05, 0) is 42.5 Å². The maximum Gasteiger partial charge on any atom is 0.103 e. The summed E-state index contributed by atoms with van der Waals surface area (Å²) >= 11 is 0. The predicted octanol–water partition coefficient (Wildman–Crippen LogP) is 4.86. The molecule has 2 aromatic carbocycles. The minimum absolute atomic E-state index is 0.508. The van der Waals surface area contributed by atoms with E-state index in [1.807, 2.05) is 66.7 Å². The quantitative estimate of drug-likeness (QED) is 0.537. The number of anilines is 3. The van der Waals surface area contributed by atoms with Gasteiger partial charge in [0.15, 0.2) is 0 Å². The zero-order chi connectivity index (χ0) is 18.5. The summed E-state index contributed by atoms with van der Waals surface area (Å²) < 4.78 is 0. The van der Waals surface area contributed by atoms with Crippen molar-refractivity contribution in [2.45, 2.75) is 6.54 Å². The fourth-order valence-corrected chi connectivity index (χ4v) is 2.88. The summed E-state index contributed by atoms with van der Waals surface area (Å²) in [5, 5.41) is 17.2. The lowest BCUT2D eigenvalue weighted by molar-refractivity contribution is 1.05. The van der Waals surface area contributed by atoms with Crippen molar-refractivity contribution < 1.29 is 0 Å². The van der Waals surface area contributed by atoms with Crippen LogP contribution in [0.15, 0.2) is 79.1 Å². The Morgan fingerprint density at radius 1 is 0.889 bits per heavy atom. The monoisotopic (exact) mass is 351 g/mol. The molecule has 0 bridgehead atoms. The van der Waals surface area contributed by atoms with Gasteiger partial charge in [0, 0.05) is 29.2 Å². The Labute approximate surface area is 157 Å². The van der Waals surface area contributed by atoms with E-state index in [-0.39, 0.29) is 0 Å². The number of rotatable bonds is 5. The molecular formula is C22H17N5. The number of benzene rings is 2. The molecule has 130 valence electrons. The fourth-order valence-electron chi connectivity index (χ4n) is 2.88. The summed E-state index contributed by atoms with van der Waals surface area (Å²) in [6.45, 7) is 0.624. The Morgan fingerprint density at radius 2 is 1.74 bits per heavy atom. The lowest BCUT2D eigenvalue weighted by Gasteiger charge is -2.13. The molecule has 5 heteroatoms. The van der Waals surface area contributed by atoms with Gasteiger partial charge in [0.2, 0.25) is 0 Å². The number of nitriles is 1. The van der Waals surface area contributed by atoms with Gasteiger partial charge in [-0.1, -0.05) is 24.3 Å². The lowest BCUT2D eigenvalue weighted by atomic mass is 10.1. The van der Waals surface area contributed by atoms with E-state index in [1.165, 1.54) is 0 Å². The van der Waals surface area contributed by atoms with Crippen molar-refractivity contribution in [2.75, 3.05) is 10.6 Å². The second kappa shape index (κ2) is 7.54. The van der Waals surface area contributed by atoms with Crippen LogP contribution in [0.2, 0.25) is 0 Å². The molecule has 0 amide bonds. The number of fused-ring (bicyclic) bond motifs is 1. The number of hydrogen-bond donors (Lipinski definition) is 2. The second-order valence-corrected chi connectivity index (χ2v) is 6.06. The minimum atomic E-state index is 0.508. The van der Waals surface area contributed by atoms with Gasteiger partial charge in [-0.3, -0.25) is 9.97 Å². The molecule has 27 heavy (non-hydrogen) atoms. The Morgan fingerprint density at radius 3 is 2.52 bits per heavy atom. The molecule has 4 aromatic rings. The van der Waals surface area contributed by atoms with Gasteiger partial charge in [-0.2, -0.15) is 5.26 Å². The van der Waals surface area contributed by atoms with Gasteiger partial charge in [0.05, 0.1) is 29.0 Å². The summed E-state index contributed by atoms with van der Waals surface area (Å²) in [5.41, 5.74) is 4.93. The van der Waals surface area contributed by atoms with Gasteiger partial charge in [-0.25, -0.2) is 0 Å². The van der Waals surface area contributed by atoms with Crippen LogP contribution in [-0.2, 0) is 6.54 Å². The first-order chi connectivity index (χ1) is 13.3. The van der Waals surface area contributed by atoms with Crippen LogP contribution in [0.25, 0.3) is 10.9 Å². The van der Waals surface area contributed by atoms with Gasteiger partial charge in [0.1, 0.15) is 6.07 Å². The zero-order valence-corrected chi connectivity index (χ0v) is 14.6. The summed E-state index contributed by atoms with van der Waals surface area (Å²) in [6, 6.07) is 23.8. The molecule has 2 aromatic heterocycles. The molecule has 0 aliphatic rings. The van der Waals surface area contributed by atoms with Gasteiger partial charge in [-0.15, -0.1) is 0 Å². The SMILES string of the molecule is N#Cc1cnc2ccc(NCc3ccccn3)cc2c1Nc1ccccc1. The lowest BCUT2D eigenvalue weighted by Crippen LogP contribution is -2.02. The van der Waals surface area contributed by atoms with E-state index in [2.05, 4.69) is 26.7 Å². The molecule has 5 nitrogen and oxygen atoms in total. The molecule has 0 radical (unpaired) electrons. The highest BCUT2D eigenvalue weighted by atomic mass is 14.9. The van der Waals surface area contributed by atoms with Gasteiger partial charge < -0.3 is 10.6 Å². The molecule has 0 aliphatic carbocycles. The second-order valence-electron chi connectivity index (χ2n) is 6.06. The van der Waals surface area contributed by atoms with Crippen LogP contribution >= 0.6 is 0 Å². The zero-order valence-electron chi connectivity index (χ0n) is 14.6. The van der Waals surface area contributed by atoms with Crippen LogP contribution in [-0.4, -0.2) is 9.97 Å². The van der Waals surface area contributed by atoms with Gasteiger partial charge >= 0.3 is 0 Å². The van der Waals surface area contributed by atoms with Crippen LogP contribution in [0.4, 0.5) is 17.1 Å². The molecule has 0 saturated heterocycles. The summed E-state index contributed by atoms with van der Waals surface area (Å²) in [5.74, 6) is 0. The number of pyridine rings is 2. The van der Waals surface area contributed by atoms with E-state index in [0.29, 0.717) is 12.1 Å². The first kappa shape index (κ1) is 16.6. The third-order valence-electron chi connectivity index (χ3n) is 4.23. The number of hydrogen-bond acceptors (Lipinski definition) is 5. The van der Waals surface area contributed by atoms with Crippen molar-refractivity contribution in [3.05, 3.63) is 90.4 Å². The fraction of sp³-hybridized carbons (Fsp3) is 0.0455. The van der Waals surface area contributed by atoms with Crippen molar-refractivity contribution in [3.63, 3.8) is 0 Å². The Kier molecular flexibility index (Phi) is 4.62. The van der Waals surface area contributed by atoms with E-state index in [1.54, 1.807) is 12.4 Å². The standard InChI is InChI=1S/C22H17N5/c23-13-16-14-26-21-10-9-18(25-15-19-8-4-5-11-24-19)12-20(21)22(16)27-17-6-2-1-3-7-17/h1-12,14,25H,15H2,(H,26,27). The van der Waals surface area contributed by atoms with E-state index in [4.69, 9.17) is 0 Å². The molecular weight excluding hydrogens is 334 g/mol. The van der Waals surface area contributed by atoms with Crippen LogP contribution in [0, 0.1) is 11.3 Å². The van der Waals surface area contributed by atoms with E-state index in [0.717, 1.165) is 33.7 Å². The molecule has 0 atom stereocenters. The van der Waals surface area contributed by atoms with Crippen molar-refractivity contribution in [2.24, 2.45) is 0 Å². The van der Waals surface area contributed by atoms with Crippen LogP contribution in [0.5, 0.6) is 0 Å². The number of nitrogens with zero attached hydrogens (tertiary/aromatic N) is 3. The topological polar surface area (TPSA) is 73.6 Å². The molecule has 4 rings (SSSR count). The first-order valence-corrected chi connectivity index (χ1v) is 8.62. The first-order valence-electron chi connectivity index (χ1n) is 8.62. The molecule has 0 spiro atoms. The average Bonchev–Trinajstić information content (AvgIpc) is 2.74. The maximum atomic E-state index is 9.52. The van der Waals surface area contributed by atoms with Crippen LogP contribution in [0.3, 0.4) is 0 Å². The van der Waals surface area contributed by atoms with E-state index >= 15 is 0 Å². The summed E-state index contributed by atoms with van der Waals surface area (Å²) in [6.07, 6.45) is 3.39. The molecule has 0 fully saturated rings. The van der Waals surface area contributed by atoms with Gasteiger partial charge in [0.25, 0.3) is 0 Å². The summed E-state index contributed by atoms with van der Waals surface area (Å²) in [7, 11) is 0. The van der Waals surface area contributed by atoms with E-state index in [9.17, 15) is 5.26 Å². The molecule has 0 aliphatic heterocycles. The molecule has 2 N–H and O–H groups in total. The Hall–Kier alpha value is -3.91. The number of para-hydroxylation sites is 1. The van der Waals surface area contributed by atoms with Crippen molar-refractivity contribution in [1.82, 2.24) is 9.97 Å². The van der Waals surface area contributed by atoms with Crippen molar-refractivity contribution >= 4 is 28.0 Å². The molecule has 0 saturated carbocycles. The van der Waals surface area contributed by atoms with Crippen molar-refractivity contribution in [3.8, 4) is 6.07 Å². The minimum Gasteiger partial charge on any atom is -0.379 e. The predicted molar refractivity (Wildman–Crippen MR) is 108 cm³/mol. The Bertz CT molecular complexity index is 1100. The van der Waals surface area contributed by atoms with E-state index < -0.39 is 0 Å². The largest absolute Gasteiger partial charge is 0.379 e. The molecule has 2 heterocycles. The third kappa shape index (κ3) is 3.70. The maximum absolute atomic E-state index is 9.52. The Balaban J connectivity index is 1.70. The van der Waals surface area contributed by atoms with Crippen LogP contribution in [0.1, 0.15) is 11.3 Å². The number of nitrogens with one attached hydrogen (secondary N) is 2. The highest BCUT2D eigenvalue weighted by Crippen LogP contribution is 2.30. The highest BCUT2D eigenvalue weighted by molar-refractivity contribution is 5.97. The normalized spacial score (nSPS) is 10.3. The summed E-state index contributed by atoms with van der Waals surface area (Å²) in [4.78, 5) is 8.74. The molecule has 0 unspecified atom stereocenters.